The van der Waals surface area contributed by atoms with Crippen LogP contribution in [0.5, 0.6) is 5.75 Å². The van der Waals surface area contributed by atoms with Crippen molar-refractivity contribution < 1.29 is 13.9 Å². The van der Waals surface area contributed by atoms with Gasteiger partial charge in [-0.15, -0.1) is 5.10 Å². The van der Waals surface area contributed by atoms with Gasteiger partial charge in [0.05, 0.1) is 18.8 Å². The first kappa shape index (κ1) is 17.4. The predicted octanol–water partition coefficient (Wildman–Crippen LogP) is 2.91. The Hall–Kier alpha value is -2.44. The number of nitrogens with zero attached hydrogens (tertiary/aromatic N) is 4. The molecule has 25 heavy (non-hydrogen) atoms. The number of carbonyl (C=O) groups excluding carboxylic acids is 1. The molecule has 0 atom stereocenters. The maximum Gasteiger partial charge on any atom is 0.222 e. The summed E-state index contributed by atoms with van der Waals surface area (Å²) in [4.78, 5) is 13.8. The van der Waals surface area contributed by atoms with Crippen molar-refractivity contribution in [2.24, 2.45) is 5.92 Å². The second-order valence-corrected chi connectivity index (χ2v) is 6.71. The normalized spacial score (nSPS) is 14.7. The molecule has 1 aromatic heterocycles. The molecule has 1 aliphatic heterocycles. The van der Waals surface area contributed by atoms with Gasteiger partial charge in [0.15, 0.2) is 11.6 Å². The lowest BCUT2D eigenvalue weighted by Gasteiger charge is -2.39. The van der Waals surface area contributed by atoms with Gasteiger partial charge in [-0.05, 0) is 31.0 Å². The lowest BCUT2D eigenvalue weighted by Crippen LogP contribution is -2.51. The van der Waals surface area contributed by atoms with E-state index < -0.39 is 5.82 Å². The molecule has 1 aliphatic rings. The van der Waals surface area contributed by atoms with E-state index in [-0.39, 0.29) is 17.7 Å². The van der Waals surface area contributed by atoms with Crippen LogP contribution in [0.2, 0.25) is 0 Å². The maximum atomic E-state index is 14.0. The fourth-order valence-corrected chi connectivity index (χ4v) is 2.82. The molecule has 6 nitrogen and oxygen atoms in total. The predicted molar refractivity (Wildman–Crippen MR) is 91.7 cm³/mol. The van der Waals surface area contributed by atoms with Gasteiger partial charge in [-0.25, -0.2) is 9.07 Å². The van der Waals surface area contributed by atoms with Crippen LogP contribution in [-0.4, -0.2) is 45.5 Å². The van der Waals surface area contributed by atoms with Gasteiger partial charge >= 0.3 is 0 Å². The number of benzene rings is 1. The molecule has 0 saturated carbocycles. The Morgan fingerprint density at radius 1 is 1.40 bits per heavy atom. The zero-order valence-corrected chi connectivity index (χ0v) is 14.8. The molecule has 3 rings (SSSR count). The highest BCUT2D eigenvalue weighted by atomic mass is 19.1. The third-order valence-corrected chi connectivity index (χ3v) is 4.21. The number of rotatable bonds is 6. The molecule has 1 amide bonds. The number of hydrogen-bond acceptors (Lipinski definition) is 4. The minimum atomic E-state index is -0.414. The number of carbonyl (C=O) groups is 1. The van der Waals surface area contributed by atoms with Crippen LogP contribution in [0.15, 0.2) is 24.4 Å². The zero-order valence-electron chi connectivity index (χ0n) is 14.8. The summed E-state index contributed by atoms with van der Waals surface area (Å²) in [6.07, 6.45) is 2.37. The second kappa shape index (κ2) is 7.21. The number of ether oxygens (including phenoxy) is 1. The van der Waals surface area contributed by atoms with Crippen molar-refractivity contribution in [3.63, 3.8) is 0 Å². The average Bonchev–Trinajstić information content (AvgIpc) is 2.96. The van der Waals surface area contributed by atoms with Crippen LogP contribution < -0.4 is 4.74 Å². The van der Waals surface area contributed by atoms with Crippen molar-refractivity contribution in [2.45, 2.75) is 33.2 Å². The molecule has 0 aliphatic carbocycles. The van der Waals surface area contributed by atoms with E-state index in [2.05, 4.69) is 10.3 Å². The molecule has 0 N–H and O–H groups in total. The van der Waals surface area contributed by atoms with E-state index in [1.807, 2.05) is 25.7 Å². The van der Waals surface area contributed by atoms with Crippen molar-refractivity contribution in [3.8, 4) is 17.0 Å². The van der Waals surface area contributed by atoms with Crippen LogP contribution in [0.4, 0.5) is 4.39 Å². The molecule has 0 radical (unpaired) electrons. The topological polar surface area (TPSA) is 60.2 Å². The van der Waals surface area contributed by atoms with E-state index in [1.165, 1.54) is 6.07 Å². The lowest BCUT2D eigenvalue weighted by molar-refractivity contribution is -0.138. The van der Waals surface area contributed by atoms with Gasteiger partial charge in [0, 0.05) is 25.1 Å². The number of halogens is 1. The summed E-state index contributed by atoms with van der Waals surface area (Å²) in [5.74, 6) is 0.360. The Kier molecular flexibility index (Phi) is 5.01. The van der Waals surface area contributed by atoms with Crippen LogP contribution in [-0.2, 0) is 4.79 Å². The van der Waals surface area contributed by atoms with Crippen LogP contribution in [0.1, 0.15) is 33.2 Å². The van der Waals surface area contributed by atoms with Crippen LogP contribution in [0, 0.1) is 11.7 Å². The van der Waals surface area contributed by atoms with Gasteiger partial charge in [0.2, 0.25) is 5.91 Å². The van der Waals surface area contributed by atoms with Gasteiger partial charge < -0.3 is 9.64 Å². The first-order valence-corrected chi connectivity index (χ1v) is 8.60. The van der Waals surface area contributed by atoms with E-state index >= 15 is 0 Å². The molecule has 2 aromatic rings. The van der Waals surface area contributed by atoms with Crippen molar-refractivity contribution in [2.75, 3.05) is 19.7 Å². The van der Waals surface area contributed by atoms with E-state index in [0.29, 0.717) is 43.3 Å². The minimum absolute atomic E-state index is 0.130. The van der Waals surface area contributed by atoms with Gasteiger partial charge in [0.25, 0.3) is 0 Å². The van der Waals surface area contributed by atoms with Crippen LogP contribution >= 0.6 is 0 Å². The Labute approximate surface area is 146 Å². The quantitative estimate of drug-likeness (QED) is 0.807. The molecule has 0 bridgehead atoms. The van der Waals surface area contributed by atoms with Gasteiger partial charge in [-0.2, -0.15) is 0 Å². The average molecular weight is 346 g/mol. The second-order valence-electron chi connectivity index (χ2n) is 6.71. The summed E-state index contributed by atoms with van der Waals surface area (Å²) in [6.45, 7) is 7.59. The monoisotopic (exact) mass is 346 g/mol. The number of hydrogen-bond donors (Lipinski definition) is 0. The summed E-state index contributed by atoms with van der Waals surface area (Å²) in [7, 11) is 0. The highest BCUT2D eigenvalue weighted by molar-refractivity contribution is 5.77. The molecule has 1 fully saturated rings. The standard InChI is InChI=1S/C18H23FN4O2/c1-4-25-17-6-5-13(8-15(17)19)16-11-23(21-20-16)14-9-22(10-14)18(24)7-12(2)3/h5-6,8,11-12,14H,4,7,9-10H2,1-3H3. The van der Waals surface area contributed by atoms with Crippen LogP contribution in [0.3, 0.4) is 0 Å². The summed E-state index contributed by atoms with van der Waals surface area (Å²) < 4.78 is 20.9. The largest absolute Gasteiger partial charge is 0.491 e. The van der Waals surface area contributed by atoms with Crippen molar-refractivity contribution >= 4 is 5.91 Å². The number of amides is 1. The molecule has 2 heterocycles. The molecule has 1 saturated heterocycles. The molecule has 7 heteroatoms. The summed E-state index contributed by atoms with van der Waals surface area (Å²) in [6, 6.07) is 4.90. The molecule has 1 aromatic carbocycles. The highest BCUT2D eigenvalue weighted by Gasteiger charge is 2.32. The van der Waals surface area contributed by atoms with Crippen molar-refractivity contribution in [1.29, 1.82) is 0 Å². The van der Waals surface area contributed by atoms with Crippen molar-refractivity contribution in [3.05, 3.63) is 30.2 Å². The summed E-state index contributed by atoms with van der Waals surface area (Å²) in [5, 5.41) is 8.26. The first-order chi connectivity index (χ1) is 12.0. The maximum absolute atomic E-state index is 14.0. The highest BCUT2D eigenvalue weighted by Crippen LogP contribution is 2.27. The van der Waals surface area contributed by atoms with E-state index in [9.17, 15) is 9.18 Å². The van der Waals surface area contributed by atoms with E-state index in [4.69, 9.17) is 4.74 Å². The third-order valence-electron chi connectivity index (χ3n) is 4.21. The SMILES string of the molecule is CCOc1ccc(-c2cn(C3CN(C(=O)CC(C)C)C3)nn2)cc1F. The Morgan fingerprint density at radius 3 is 2.80 bits per heavy atom. The number of aromatic nitrogens is 3. The summed E-state index contributed by atoms with van der Waals surface area (Å²) in [5.41, 5.74) is 1.26. The zero-order chi connectivity index (χ0) is 18.0. The van der Waals surface area contributed by atoms with Gasteiger partial charge in [0.1, 0.15) is 5.69 Å². The van der Waals surface area contributed by atoms with Gasteiger partial charge in [-0.3, -0.25) is 4.79 Å². The Morgan fingerprint density at radius 2 is 2.16 bits per heavy atom. The first-order valence-electron chi connectivity index (χ1n) is 8.60. The molecule has 0 unspecified atom stereocenters. The van der Waals surface area contributed by atoms with Crippen molar-refractivity contribution in [1.82, 2.24) is 19.9 Å². The molecule has 0 spiro atoms. The fraction of sp³-hybridized carbons (Fsp3) is 0.500. The summed E-state index contributed by atoms with van der Waals surface area (Å²) >= 11 is 0. The lowest BCUT2D eigenvalue weighted by atomic mass is 10.0. The van der Waals surface area contributed by atoms with Crippen LogP contribution in [0.25, 0.3) is 11.3 Å². The number of likely N-dealkylation sites (tertiary alicyclic amines) is 1. The molecular formula is C18H23FN4O2. The smallest absolute Gasteiger partial charge is 0.222 e. The van der Waals surface area contributed by atoms with E-state index in [1.54, 1.807) is 23.0 Å². The van der Waals surface area contributed by atoms with E-state index in [0.717, 1.165) is 0 Å². The van der Waals surface area contributed by atoms with Gasteiger partial charge in [-0.1, -0.05) is 19.1 Å². The fourth-order valence-electron chi connectivity index (χ4n) is 2.82. The Bertz CT molecular complexity index is 753. The minimum Gasteiger partial charge on any atom is -0.491 e. The third kappa shape index (κ3) is 3.81. The molecular weight excluding hydrogens is 323 g/mol. The Balaban J connectivity index is 1.64. The molecule has 134 valence electrons.